The van der Waals surface area contributed by atoms with Crippen LogP contribution in [0.2, 0.25) is 5.02 Å². The van der Waals surface area contributed by atoms with Gasteiger partial charge in [0.15, 0.2) is 0 Å². The van der Waals surface area contributed by atoms with Crippen LogP contribution in [0, 0.1) is 6.92 Å². The summed E-state index contributed by atoms with van der Waals surface area (Å²) >= 11 is 6.47. The predicted molar refractivity (Wildman–Crippen MR) is 139 cm³/mol. The van der Waals surface area contributed by atoms with E-state index in [1.165, 1.54) is 0 Å². The number of hydrogen-bond acceptors (Lipinski definition) is 2. The molecular formula is C29H33ClN2O2. The normalized spacial score (nSPS) is 12.1. The van der Waals surface area contributed by atoms with Crippen LogP contribution in [0.5, 0.6) is 0 Å². The molecule has 0 aliphatic heterocycles. The van der Waals surface area contributed by atoms with Crippen LogP contribution >= 0.6 is 11.6 Å². The molecule has 0 fully saturated rings. The first-order valence-corrected chi connectivity index (χ1v) is 11.9. The average Bonchev–Trinajstić information content (AvgIpc) is 2.78. The van der Waals surface area contributed by atoms with Crippen LogP contribution in [0.25, 0.3) is 0 Å². The van der Waals surface area contributed by atoms with E-state index in [0.717, 1.165) is 22.3 Å². The fourth-order valence-electron chi connectivity index (χ4n) is 3.89. The van der Waals surface area contributed by atoms with Crippen LogP contribution in [-0.4, -0.2) is 28.3 Å². The van der Waals surface area contributed by atoms with Crippen molar-refractivity contribution in [2.24, 2.45) is 0 Å². The maximum absolute atomic E-state index is 13.8. The lowest BCUT2D eigenvalue weighted by Gasteiger charge is -2.34. The van der Waals surface area contributed by atoms with Crippen molar-refractivity contribution in [2.75, 3.05) is 0 Å². The van der Waals surface area contributed by atoms with E-state index in [1.807, 2.05) is 107 Å². The summed E-state index contributed by atoms with van der Waals surface area (Å²) in [4.78, 5) is 29.0. The molecule has 0 spiro atoms. The van der Waals surface area contributed by atoms with E-state index in [-0.39, 0.29) is 24.8 Å². The Morgan fingerprint density at radius 1 is 0.882 bits per heavy atom. The Morgan fingerprint density at radius 3 is 2.09 bits per heavy atom. The lowest BCUT2D eigenvalue weighted by Crippen LogP contribution is -2.54. The third-order valence-corrected chi connectivity index (χ3v) is 6.04. The Bertz CT molecular complexity index is 1120. The molecule has 1 atom stereocenters. The monoisotopic (exact) mass is 476 g/mol. The Morgan fingerprint density at radius 2 is 1.47 bits per heavy atom. The summed E-state index contributed by atoms with van der Waals surface area (Å²) in [6.45, 7) is 8.07. The van der Waals surface area contributed by atoms with E-state index in [2.05, 4.69) is 5.32 Å². The number of carbonyl (C=O) groups excluding carboxylic acids is 2. The summed E-state index contributed by atoms with van der Waals surface area (Å²) in [5.74, 6) is -0.291. The van der Waals surface area contributed by atoms with Gasteiger partial charge in [-0.25, -0.2) is 0 Å². The zero-order valence-corrected chi connectivity index (χ0v) is 21.1. The summed E-state index contributed by atoms with van der Waals surface area (Å²) in [5, 5.41) is 3.66. The Kier molecular flexibility index (Phi) is 8.51. The van der Waals surface area contributed by atoms with Crippen molar-refractivity contribution in [1.82, 2.24) is 10.2 Å². The number of halogens is 1. The van der Waals surface area contributed by atoms with E-state index in [4.69, 9.17) is 11.6 Å². The summed E-state index contributed by atoms with van der Waals surface area (Å²) in [6, 6.07) is 24.4. The molecule has 3 aromatic carbocycles. The Labute approximate surface area is 207 Å². The first-order chi connectivity index (χ1) is 16.1. The van der Waals surface area contributed by atoms with Gasteiger partial charge in [0.1, 0.15) is 6.04 Å². The van der Waals surface area contributed by atoms with Crippen molar-refractivity contribution in [3.05, 3.63) is 106 Å². The average molecular weight is 477 g/mol. The van der Waals surface area contributed by atoms with E-state index in [0.29, 0.717) is 11.4 Å². The van der Waals surface area contributed by atoms with Gasteiger partial charge in [-0.05, 0) is 56.0 Å². The maximum atomic E-state index is 13.8. The van der Waals surface area contributed by atoms with E-state index < -0.39 is 11.6 Å². The van der Waals surface area contributed by atoms with Gasteiger partial charge in [-0.3, -0.25) is 9.59 Å². The topological polar surface area (TPSA) is 49.4 Å². The molecule has 3 rings (SSSR count). The second-order valence-electron chi connectivity index (χ2n) is 9.66. The Balaban J connectivity index is 2.01. The minimum atomic E-state index is -0.686. The van der Waals surface area contributed by atoms with Crippen LogP contribution in [-0.2, 0) is 29.0 Å². The van der Waals surface area contributed by atoms with Gasteiger partial charge in [0.25, 0.3) is 0 Å². The van der Waals surface area contributed by atoms with Crippen LogP contribution in [0.4, 0.5) is 0 Å². The molecule has 3 aromatic rings. The molecule has 0 aliphatic rings. The van der Waals surface area contributed by atoms with E-state index in [9.17, 15) is 9.59 Å². The third-order valence-electron chi connectivity index (χ3n) is 5.67. The fourth-order valence-corrected chi connectivity index (χ4v) is 4.09. The molecule has 0 aliphatic carbocycles. The molecule has 0 bridgehead atoms. The van der Waals surface area contributed by atoms with Gasteiger partial charge in [0.2, 0.25) is 11.8 Å². The summed E-state index contributed by atoms with van der Waals surface area (Å²) in [6.07, 6.45) is 0.623. The third kappa shape index (κ3) is 7.19. The van der Waals surface area contributed by atoms with Crippen molar-refractivity contribution < 1.29 is 9.59 Å². The number of benzene rings is 3. The van der Waals surface area contributed by atoms with Gasteiger partial charge in [-0.2, -0.15) is 0 Å². The zero-order valence-electron chi connectivity index (χ0n) is 20.3. The molecule has 0 saturated carbocycles. The summed E-state index contributed by atoms with van der Waals surface area (Å²) in [5.41, 5.74) is 3.37. The lowest BCUT2D eigenvalue weighted by atomic mass is 9.99. The Hall–Kier alpha value is -3.11. The van der Waals surface area contributed by atoms with Gasteiger partial charge in [-0.15, -0.1) is 0 Å². The van der Waals surface area contributed by atoms with Crippen molar-refractivity contribution in [1.29, 1.82) is 0 Å². The number of amides is 2. The molecule has 1 unspecified atom stereocenters. The molecular weight excluding hydrogens is 444 g/mol. The molecule has 0 heterocycles. The number of hydrogen-bond donors (Lipinski definition) is 1. The molecule has 2 amide bonds. The van der Waals surface area contributed by atoms with Gasteiger partial charge < -0.3 is 10.2 Å². The largest absolute Gasteiger partial charge is 0.350 e. The van der Waals surface area contributed by atoms with Crippen molar-refractivity contribution in [3.63, 3.8) is 0 Å². The highest BCUT2D eigenvalue weighted by atomic mass is 35.5. The van der Waals surface area contributed by atoms with E-state index >= 15 is 0 Å². The van der Waals surface area contributed by atoms with Gasteiger partial charge in [0, 0.05) is 23.5 Å². The van der Waals surface area contributed by atoms with Gasteiger partial charge in [-0.1, -0.05) is 84.4 Å². The molecule has 34 heavy (non-hydrogen) atoms. The smallest absolute Gasteiger partial charge is 0.243 e. The molecule has 1 N–H and O–H groups in total. The summed E-state index contributed by atoms with van der Waals surface area (Å²) < 4.78 is 0. The number of nitrogens with zero attached hydrogens (tertiary/aromatic N) is 1. The van der Waals surface area contributed by atoms with Gasteiger partial charge in [0.05, 0.1) is 6.42 Å². The van der Waals surface area contributed by atoms with E-state index in [1.54, 1.807) is 4.90 Å². The second-order valence-corrected chi connectivity index (χ2v) is 10.1. The predicted octanol–water partition coefficient (Wildman–Crippen LogP) is 5.75. The molecule has 4 nitrogen and oxygen atoms in total. The van der Waals surface area contributed by atoms with Crippen LogP contribution < -0.4 is 5.32 Å². The first-order valence-electron chi connectivity index (χ1n) is 11.6. The quantitative estimate of drug-likeness (QED) is 0.450. The number of nitrogens with one attached hydrogen (secondary N) is 1. The molecule has 178 valence electrons. The lowest BCUT2D eigenvalue weighted by molar-refractivity contribution is -0.141. The zero-order chi connectivity index (χ0) is 24.7. The molecule has 0 radical (unpaired) electrons. The molecule has 0 saturated heterocycles. The maximum Gasteiger partial charge on any atom is 0.243 e. The van der Waals surface area contributed by atoms with Crippen LogP contribution in [0.3, 0.4) is 0 Å². The van der Waals surface area contributed by atoms with Gasteiger partial charge >= 0.3 is 0 Å². The summed E-state index contributed by atoms with van der Waals surface area (Å²) in [7, 11) is 0. The van der Waals surface area contributed by atoms with Crippen molar-refractivity contribution >= 4 is 23.4 Å². The highest BCUT2D eigenvalue weighted by molar-refractivity contribution is 6.31. The highest BCUT2D eigenvalue weighted by Crippen LogP contribution is 2.22. The van der Waals surface area contributed by atoms with Crippen molar-refractivity contribution in [3.8, 4) is 0 Å². The first kappa shape index (κ1) is 25.5. The molecule has 5 heteroatoms. The second kappa shape index (κ2) is 11.3. The SMILES string of the molecule is Cc1ccccc1CC(=O)N(Cc1ccccc1Cl)C(Cc1ccccc1)C(=O)NC(C)(C)C. The van der Waals surface area contributed by atoms with Crippen LogP contribution in [0.1, 0.15) is 43.0 Å². The highest BCUT2D eigenvalue weighted by Gasteiger charge is 2.32. The fraction of sp³-hybridized carbons (Fsp3) is 0.310. The van der Waals surface area contributed by atoms with Crippen LogP contribution in [0.15, 0.2) is 78.9 Å². The molecule has 0 aromatic heterocycles. The standard InChI is InChI=1S/C29H33ClN2O2/c1-21-12-8-9-15-23(21)19-27(33)32(20-24-16-10-11-17-25(24)30)26(28(34)31-29(2,3)4)18-22-13-6-5-7-14-22/h5-17,26H,18-20H2,1-4H3,(H,31,34). The number of carbonyl (C=O) groups is 2. The minimum absolute atomic E-state index is 0.112. The number of rotatable bonds is 8. The number of aryl methyl sites for hydroxylation is 1. The van der Waals surface area contributed by atoms with Crippen molar-refractivity contribution in [2.45, 2.75) is 58.7 Å². The minimum Gasteiger partial charge on any atom is -0.350 e.